The maximum atomic E-state index is 10.9. The second kappa shape index (κ2) is 5.19. The molecule has 5 nitrogen and oxygen atoms in total. The summed E-state index contributed by atoms with van der Waals surface area (Å²) < 4.78 is 5.32. The molecule has 0 atom stereocenters. The van der Waals surface area contributed by atoms with Gasteiger partial charge in [0.25, 0.3) is 5.91 Å². The molecule has 0 saturated heterocycles. The molecular weight excluding hydrogens is 194 g/mol. The number of pyridine rings is 1. The van der Waals surface area contributed by atoms with E-state index in [-0.39, 0.29) is 11.6 Å². The van der Waals surface area contributed by atoms with Crippen molar-refractivity contribution >= 4 is 11.6 Å². The summed E-state index contributed by atoms with van der Waals surface area (Å²) in [6.07, 6.45) is 1.94. The number of nitrogens with two attached hydrogens (primary N) is 2. The predicted molar refractivity (Wildman–Crippen MR) is 57.6 cm³/mol. The van der Waals surface area contributed by atoms with Crippen LogP contribution in [-0.2, 0) is 0 Å². The normalized spacial score (nSPS) is 9.93. The number of unbranched alkanes of at least 4 members (excludes halogenated alkanes) is 1. The van der Waals surface area contributed by atoms with E-state index in [0.717, 1.165) is 12.8 Å². The van der Waals surface area contributed by atoms with Crippen molar-refractivity contribution in [3.05, 3.63) is 17.8 Å². The Hall–Kier alpha value is -1.78. The Balaban J connectivity index is 2.76. The van der Waals surface area contributed by atoms with Crippen LogP contribution in [0, 0.1) is 0 Å². The molecule has 82 valence electrons. The molecule has 0 fully saturated rings. The molecule has 1 rings (SSSR count). The fraction of sp³-hybridized carbons (Fsp3) is 0.400. The molecule has 0 radical (unpaired) electrons. The van der Waals surface area contributed by atoms with Crippen molar-refractivity contribution < 1.29 is 9.53 Å². The molecule has 0 spiro atoms. The first-order chi connectivity index (χ1) is 7.15. The van der Waals surface area contributed by atoms with Crippen molar-refractivity contribution in [2.75, 3.05) is 12.3 Å². The number of primary amides is 1. The second-order valence-corrected chi connectivity index (χ2v) is 3.16. The molecule has 1 aromatic heterocycles. The van der Waals surface area contributed by atoms with Gasteiger partial charge >= 0.3 is 0 Å². The van der Waals surface area contributed by atoms with Gasteiger partial charge in [-0.1, -0.05) is 13.3 Å². The van der Waals surface area contributed by atoms with Crippen molar-refractivity contribution in [2.45, 2.75) is 19.8 Å². The summed E-state index contributed by atoms with van der Waals surface area (Å²) in [5.74, 6) is -0.310. The zero-order valence-electron chi connectivity index (χ0n) is 8.69. The third-order valence-corrected chi connectivity index (χ3v) is 1.88. The molecule has 0 unspecified atom stereocenters. The molecule has 1 heterocycles. The molecular formula is C10H15N3O2. The Bertz CT molecular complexity index is 353. The number of hydrogen-bond donors (Lipinski definition) is 2. The quantitative estimate of drug-likeness (QED) is 0.706. The summed E-state index contributed by atoms with van der Waals surface area (Å²) in [5, 5.41) is 0. The van der Waals surface area contributed by atoms with Crippen molar-refractivity contribution in [2.24, 2.45) is 5.73 Å². The fourth-order valence-corrected chi connectivity index (χ4v) is 1.02. The molecule has 0 aromatic carbocycles. The van der Waals surface area contributed by atoms with Crippen LogP contribution in [0.5, 0.6) is 5.88 Å². The lowest BCUT2D eigenvalue weighted by Gasteiger charge is -2.07. The number of amides is 1. The molecule has 4 N–H and O–H groups in total. The highest BCUT2D eigenvalue weighted by atomic mass is 16.5. The third-order valence-electron chi connectivity index (χ3n) is 1.88. The first-order valence-electron chi connectivity index (χ1n) is 4.84. The van der Waals surface area contributed by atoms with Gasteiger partial charge in [0.15, 0.2) is 0 Å². The summed E-state index contributed by atoms with van der Waals surface area (Å²) in [6.45, 7) is 2.59. The zero-order valence-corrected chi connectivity index (χ0v) is 8.69. The van der Waals surface area contributed by atoms with Gasteiger partial charge in [0.1, 0.15) is 5.69 Å². The van der Waals surface area contributed by atoms with Crippen LogP contribution in [0.15, 0.2) is 12.1 Å². The summed E-state index contributed by atoms with van der Waals surface area (Å²) in [4.78, 5) is 14.8. The maximum absolute atomic E-state index is 10.9. The van der Waals surface area contributed by atoms with Gasteiger partial charge in [-0.2, -0.15) is 0 Å². The summed E-state index contributed by atoms with van der Waals surface area (Å²) in [6, 6.07) is 3.04. The Morgan fingerprint density at radius 1 is 1.53 bits per heavy atom. The summed E-state index contributed by atoms with van der Waals surface area (Å²) >= 11 is 0. The van der Waals surface area contributed by atoms with Gasteiger partial charge in [0.05, 0.1) is 12.3 Å². The average Bonchev–Trinajstić information content (AvgIpc) is 2.20. The Labute approximate surface area is 88.4 Å². The first kappa shape index (κ1) is 11.3. The molecule has 1 amide bonds. The predicted octanol–water partition coefficient (Wildman–Crippen LogP) is 0.942. The number of hydrogen-bond acceptors (Lipinski definition) is 4. The Morgan fingerprint density at radius 2 is 2.27 bits per heavy atom. The van der Waals surface area contributed by atoms with E-state index in [1.54, 1.807) is 6.07 Å². The van der Waals surface area contributed by atoms with E-state index in [1.165, 1.54) is 6.07 Å². The van der Waals surface area contributed by atoms with Crippen LogP contribution < -0.4 is 16.2 Å². The van der Waals surface area contributed by atoms with E-state index in [9.17, 15) is 4.79 Å². The Kier molecular flexibility index (Phi) is 3.91. The van der Waals surface area contributed by atoms with Gasteiger partial charge in [-0.25, -0.2) is 4.98 Å². The number of carbonyl (C=O) groups excluding carboxylic acids is 1. The van der Waals surface area contributed by atoms with Crippen LogP contribution in [-0.4, -0.2) is 17.5 Å². The van der Waals surface area contributed by atoms with Gasteiger partial charge in [0.2, 0.25) is 5.88 Å². The first-order valence-corrected chi connectivity index (χ1v) is 4.84. The van der Waals surface area contributed by atoms with E-state index in [1.807, 2.05) is 0 Å². The SMILES string of the molecule is CCCCOc1nc(C(N)=O)ccc1N. The molecule has 15 heavy (non-hydrogen) atoms. The standard InChI is InChI=1S/C10H15N3O2/c1-2-3-6-15-10-7(11)4-5-8(13-10)9(12)14/h4-5H,2-3,6,11H2,1H3,(H2,12,14). The minimum Gasteiger partial charge on any atom is -0.476 e. The number of rotatable bonds is 5. The minimum atomic E-state index is -0.588. The molecule has 0 bridgehead atoms. The second-order valence-electron chi connectivity index (χ2n) is 3.16. The largest absolute Gasteiger partial charge is 0.476 e. The lowest BCUT2D eigenvalue weighted by molar-refractivity contribution is 0.0994. The molecule has 0 aliphatic carbocycles. The van der Waals surface area contributed by atoms with E-state index in [0.29, 0.717) is 12.3 Å². The molecule has 0 saturated carbocycles. The number of nitrogen functional groups attached to an aromatic ring is 1. The van der Waals surface area contributed by atoms with Gasteiger partial charge in [-0.05, 0) is 18.6 Å². The van der Waals surface area contributed by atoms with E-state index in [2.05, 4.69) is 11.9 Å². The topological polar surface area (TPSA) is 91.2 Å². The molecule has 5 heteroatoms. The van der Waals surface area contributed by atoms with Crippen LogP contribution in [0.1, 0.15) is 30.3 Å². The molecule has 0 aliphatic heterocycles. The van der Waals surface area contributed by atoms with Crippen molar-refractivity contribution in [3.63, 3.8) is 0 Å². The number of ether oxygens (including phenoxy) is 1. The maximum Gasteiger partial charge on any atom is 0.267 e. The lowest BCUT2D eigenvalue weighted by Crippen LogP contribution is -2.14. The third kappa shape index (κ3) is 3.12. The minimum absolute atomic E-state index is 0.163. The van der Waals surface area contributed by atoms with E-state index < -0.39 is 5.91 Å². The van der Waals surface area contributed by atoms with E-state index in [4.69, 9.17) is 16.2 Å². The summed E-state index contributed by atoms with van der Waals surface area (Å²) in [5.41, 5.74) is 11.3. The van der Waals surface area contributed by atoms with Gasteiger partial charge < -0.3 is 16.2 Å². The van der Waals surface area contributed by atoms with Crippen LogP contribution in [0.25, 0.3) is 0 Å². The number of carbonyl (C=O) groups is 1. The van der Waals surface area contributed by atoms with Gasteiger partial charge in [-0.15, -0.1) is 0 Å². The van der Waals surface area contributed by atoms with Crippen LogP contribution in [0.3, 0.4) is 0 Å². The van der Waals surface area contributed by atoms with Gasteiger partial charge in [0, 0.05) is 0 Å². The van der Waals surface area contributed by atoms with Crippen LogP contribution in [0.4, 0.5) is 5.69 Å². The van der Waals surface area contributed by atoms with Crippen LogP contribution in [0.2, 0.25) is 0 Å². The molecule has 1 aromatic rings. The Morgan fingerprint density at radius 3 is 2.87 bits per heavy atom. The van der Waals surface area contributed by atoms with Crippen molar-refractivity contribution in [1.82, 2.24) is 4.98 Å². The lowest BCUT2D eigenvalue weighted by atomic mass is 10.3. The highest BCUT2D eigenvalue weighted by Crippen LogP contribution is 2.18. The number of aromatic nitrogens is 1. The zero-order chi connectivity index (χ0) is 11.3. The monoisotopic (exact) mass is 209 g/mol. The number of anilines is 1. The fourth-order valence-electron chi connectivity index (χ4n) is 1.02. The average molecular weight is 209 g/mol. The van der Waals surface area contributed by atoms with Gasteiger partial charge in [-0.3, -0.25) is 4.79 Å². The number of nitrogens with zero attached hydrogens (tertiary/aromatic N) is 1. The van der Waals surface area contributed by atoms with Crippen molar-refractivity contribution in [1.29, 1.82) is 0 Å². The smallest absolute Gasteiger partial charge is 0.267 e. The van der Waals surface area contributed by atoms with E-state index >= 15 is 0 Å². The molecule has 0 aliphatic rings. The highest BCUT2D eigenvalue weighted by molar-refractivity contribution is 5.91. The highest BCUT2D eigenvalue weighted by Gasteiger charge is 2.07. The van der Waals surface area contributed by atoms with Crippen molar-refractivity contribution in [3.8, 4) is 5.88 Å². The summed E-state index contributed by atoms with van der Waals surface area (Å²) in [7, 11) is 0. The van der Waals surface area contributed by atoms with Crippen LogP contribution >= 0.6 is 0 Å².